The molecule has 1 aliphatic rings. The van der Waals surface area contributed by atoms with Gasteiger partial charge in [0.2, 0.25) is 0 Å². The number of aromatic nitrogens is 2. The molecular weight excluding hydrogens is 290 g/mol. The molecule has 0 unspecified atom stereocenters. The second-order valence-electron chi connectivity index (χ2n) is 4.95. The van der Waals surface area contributed by atoms with Crippen LogP contribution in [0.1, 0.15) is 24.4 Å². The van der Waals surface area contributed by atoms with Crippen LogP contribution >= 0.6 is 22.9 Å². The van der Waals surface area contributed by atoms with Crippen molar-refractivity contribution in [2.75, 3.05) is 0 Å². The van der Waals surface area contributed by atoms with Crippen LogP contribution in [-0.2, 0) is 0 Å². The maximum atomic E-state index is 9.02. The van der Waals surface area contributed by atoms with Crippen LogP contribution in [0.25, 0.3) is 21.7 Å². The van der Waals surface area contributed by atoms with Gasteiger partial charge in [-0.2, -0.15) is 5.26 Å². The second kappa shape index (κ2) is 4.34. The molecule has 3 aromatic rings. The van der Waals surface area contributed by atoms with Crippen molar-refractivity contribution in [1.29, 1.82) is 5.26 Å². The number of fused-ring (bicyclic) bond motifs is 1. The molecule has 1 fully saturated rings. The summed E-state index contributed by atoms with van der Waals surface area (Å²) in [5.74, 6) is 0.928. The van der Waals surface area contributed by atoms with Crippen molar-refractivity contribution in [2.24, 2.45) is 0 Å². The molecule has 1 saturated carbocycles. The standard InChI is InChI=1S/C15H10ClN3S/c16-11-5-6-20-14(11)15-18-12-7-9(8-17)1-4-13(12)19(15)10-2-3-10/h1,4-7,10H,2-3H2. The van der Waals surface area contributed by atoms with Crippen molar-refractivity contribution in [2.45, 2.75) is 18.9 Å². The minimum absolute atomic E-state index is 0.515. The van der Waals surface area contributed by atoms with Gasteiger partial charge in [-0.15, -0.1) is 11.3 Å². The summed E-state index contributed by atoms with van der Waals surface area (Å²) in [6.45, 7) is 0. The third kappa shape index (κ3) is 1.75. The van der Waals surface area contributed by atoms with Crippen molar-refractivity contribution in [1.82, 2.24) is 9.55 Å². The highest BCUT2D eigenvalue weighted by molar-refractivity contribution is 7.14. The number of benzene rings is 1. The Balaban J connectivity index is 2.03. The maximum Gasteiger partial charge on any atom is 0.153 e. The SMILES string of the molecule is N#Cc1ccc2c(c1)nc(-c1sccc1Cl)n2C1CC1. The summed E-state index contributed by atoms with van der Waals surface area (Å²) in [6, 6.07) is 10.3. The number of thiophene rings is 1. The number of imidazole rings is 1. The van der Waals surface area contributed by atoms with Crippen molar-refractivity contribution in [3.63, 3.8) is 0 Å². The molecule has 2 aromatic heterocycles. The topological polar surface area (TPSA) is 41.6 Å². The van der Waals surface area contributed by atoms with Crippen LogP contribution in [-0.4, -0.2) is 9.55 Å². The van der Waals surface area contributed by atoms with Crippen molar-refractivity contribution in [3.8, 4) is 16.8 Å². The van der Waals surface area contributed by atoms with Gasteiger partial charge in [0.25, 0.3) is 0 Å². The van der Waals surface area contributed by atoms with Crippen LogP contribution in [0.5, 0.6) is 0 Å². The summed E-state index contributed by atoms with van der Waals surface area (Å²) in [6.07, 6.45) is 2.36. The minimum atomic E-state index is 0.515. The van der Waals surface area contributed by atoms with E-state index in [-0.39, 0.29) is 0 Å². The van der Waals surface area contributed by atoms with Crippen LogP contribution in [0.4, 0.5) is 0 Å². The molecular formula is C15H10ClN3S. The Labute approximate surface area is 125 Å². The lowest BCUT2D eigenvalue weighted by molar-refractivity contribution is 0.777. The lowest BCUT2D eigenvalue weighted by Gasteiger charge is -2.06. The Hall–Kier alpha value is -1.83. The van der Waals surface area contributed by atoms with Crippen molar-refractivity contribution >= 4 is 34.0 Å². The molecule has 0 N–H and O–H groups in total. The predicted molar refractivity (Wildman–Crippen MR) is 81.0 cm³/mol. The zero-order chi connectivity index (χ0) is 13.7. The van der Waals surface area contributed by atoms with Gasteiger partial charge >= 0.3 is 0 Å². The molecule has 0 amide bonds. The largest absolute Gasteiger partial charge is 0.320 e. The third-order valence-electron chi connectivity index (χ3n) is 3.55. The summed E-state index contributed by atoms with van der Waals surface area (Å²) in [7, 11) is 0. The average molecular weight is 300 g/mol. The Morgan fingerprint density at radius 2 is 2.20 bits per heavy atom. The first kappa shape index (κ1) is 12.0. The van der Waals surface area contributed by atoms with Crippen LogP contribution in [0.2, 0.25) is 5.02 Å². The number of nitriles is 1. The Morgan fingerprint density at radius 1 is 1.35 bits per heavy atom. The first-order valence-corrected chi connectivity index (χ1v) is 7.69. The van der Waals surface area contributed by atoms with Gasteiger partial charge in [-0.25, -0.2) is 4.98 Å². The van der Waals surface area contributed by atoms with E-state index in [1.54, 1.807) is 11.3 Å². The molecule has 5 heteroatoms. The summed E-state index contributed by atoms with van der Waals surface area (Å²) < 4.78 is 2.27. The monoisotopic (exact) mass is 299 g/mol. The minimum Gasteiger partial charge on any atom is -0.320 e. The number of rotatable bonds is 2. The van der Waals surface area contributed by atoms with E-state index in [1.165, 1.54) is 12.8 Å². The van der Waals surface area contributed by atoms with Crippen molar-refractivity contribution in [3.05, 3.63) is 40.2 Å². The molecule has 98 valence electrons. The van der Waals surface area contributed by atoms with E-state index in [0.29, 0.717) is 11.6 Å². The summed E-state index contributed by atoms with van der Waals surface area (Å²) in [5, 5.41) is 11.7. The zero-order valence-corrected chi connectivity index (χ0v) is 12.1. The van der Waals surface area contributed by atoms with Gasteiger partial charge in [0.05, 0.1) is 32.6 Å². The van der Waals surface area contributed by atoms with E-state index in [9.17, 15) is 0 Å². The normalized spacial score (nSPS) is 14.6. The van der Waals surface area contributed by atoms with E-state index in [0.717, 1.165) is 26.8 Å². The van der Waals surface area contributed by atoms with Gasteiger partial charge in [-0.1, -0.05) is 11.6 Å². The van der Waals surface area contributed by atoms with Crippen LogP contribution in [0.15, 0.2) is 29.6 Å². The highest BCUT2D eigenvalue weighted by atomic mass is 35.5. The molecule has 1 aliphatic carbocycles. The van der Waals surface area contributed by atoms with E-state index in [4.69, 9.17) is 21.8 Å². The highest BCUT2D eigenvalue weighted by Crippen LogP contribution is 2.43. The number of hydrogen-bond acceptors (Lipinski definition) is 3. The third-order valence-corrected chi connectivity index (χ3v) is 4.89. The molecule has 2 heterocycles. The fourth-order valence-electron chi connectivity index (χ4n) is 2.48. The Bertz CT molecular complexity index is 852. The quantitative estimate of drug-likeness (QED) is 0.692. The molecule has 4 rings (SSSR count). The van der Waals surface area contributed by atoms with Gasteiger partial charge in [-0.3, -0.25) is 0 Å². The summed E-state index contributed by atoms with van der Waals surface area (Å²) in [4.78, 5) is 5.73. The lowest BCUT2D eigenvalue weighted by atomic mass is 10.2. The van der Waals surface area contributed by atoms with Gasteiger partial charge in [0, 0.05) is 6.04 Å². The molecule has 0 saturated heterocycles. The number of nitrogens with zero attached hydrogens (tertiary/aromatic N) is 3. The van der Waals surface area contributed by atoms with E-state index in [1.807, 2.05) is 29.6 Å². The van der Waals surface area contributed by atoms with E-state index < -0.39 is 0 Å². The van der Waals surface area contributed by atoms with Crippen LogP contribution in [0, 0.1) is 11.3 Å². The smallest absolute Gasteiger partial charge is 0.153 e. The highest BCUT2D eigenvalue weighted by Gasteiger charge is 2.29. The van der Waals surface area contributed by atoms with E-state index >= 15 is 0 Å². The fourth-order valence-corrected chi connectivity index (χ4v) is 3.61. The van der Waals surface area contributed by atoms with Gasteiger partial charge < -0.3 is 4.57 Å². The zero-order valence-electron chi connectivity index (χ0n) is 10.5. The molecule has 0 aliphatic heterocycles. The lowest BCUT2D eigenvalue weighted by Crippen LogP contribution is -1.96. The Kier molecular flexibility index (Phi) is 2.59. The Morgan fingerprint density at radius 3 is 2.85 bits per heavy atom. The second-order valence-corrected chi connectivity index (χ2v) is 6.27. The number of hydrogen-bond donors (Lipinski definition) is 0. The average Bonchev–Trinajstić information content (AvgIpc) is 3.10. The van der Waals surface area contributed by atoms with Crippen molar-refractivity contribution < 1.29 is 0 Å². The summed E-state index contributed by atoms with van der Waals surface area (Å²) >= 11 is 7.87. The van der Waals surface area contributed by atoms with Gasteiger partial charge in [0.15, 0.2) is 5.82 Å². The first-order valence-electron chi connectivity index (χ1n) is 6.43. The molecule has 3 nitrogen and oxygen atoms in total. The molecule has 0 atom stereocenters. The molecule has 0 bridgehead atoms. The molecule has 0 spiro atoms. The molecule has 1 aromatic carbocycles. The van der Waals surface area contributed by atoms with Gasteiger partial charge in [-0.05, 0) is 42.5 Å². The molecule has 20 heavy (non-hydrogen) atoms. The van der Waals surface area contributed by atoms with Gasteiger partial charge in [0.1, 0.15) is 0 Å². The maximum absolute atomic E-state index is 9.02. The first-order chi connectivity index (χ1) is 9.78. The fraction of sp³-hybridized carbons (Fsp3) is 0.200. The van der Waals surface area contributed by atoms with E-state index in [2.05, 4.69) is 10.6 Å². The van der Waals surface area contributed by atoms with Crippen LogP contribution in [0.3, 0.4) is 0 Å². The summed E-state index contributed by atoms with van der Waals surface area (Å²) in [5.41, 5.74) is 2.60. The molecule has 0 radical (unpaired) electrons. The predicted octanol–water partition coefficient (Wildman–Crippen LogP) is 4.62. The number of halogens is 1. The van der Waals surface area contributed by atoms with Crippen LogP contribution < -0.4 is 0 Å².